The van der Waals surface area contributed by atoms with Gasteiger partial charge >= 0.3 is 0 Å². The first kappa shape index (κ1) is 15.3. The minimum atomic E-state index is 0.542. The van der Waals surface area contributed by atoms with Gasteiger partial charge in [-0.2, -0.15) is 0 Å². The maximum absolute atomic E-state index is 3.74. The van der Waals surface area contributed by atoms with E-state index >= 15 is 0 Å². The van der Waals surface area contributed by atoms with Gasteiger partial charge in [-0.1, -0.05) is 40.5 Å². The highest BCUT2D eigenvalue weighted by molar-refractivity contribution is 4.94. The van der Waals surface area contributed by atoms with E-state index in [0.717, 1.165) is 12.0 Å². The summed E-state index contributed by atoms with van der Waals surface area (Å²) in [5.74, 6) is 0.917. The highest BCUT2D eigenvalue weighted by atomic mass is 15.2. The smallest absolute Gasteiger partial charge is 0.00965 e. The van der Waals surface area contributed by atoms with Crippen LogP contribution >= 0.6 is 0 Å². The predicted octanol–water partition coefficient (Wildman–Crippen LogP) is 3.67. The van der Waals surface area contributed by atoms with Crippen molar-refractivity contribution in [2.24, 2.45) is 11.3 Å². The summed E-state index contributed by atoms with van der Waals surface area (Å²) in [6, 6.07) is 1.53. The van der Waals surface area contributed by atoms with Crippen LogP contribution in [0.3, 0.4) is 0 Å². The molecule has 2 aliphatic rings. The zero-order chi connectivity index (χ0) is 13.9. The molecule has 2 nitrogen and oxygen atoms in total. The van der Waals surface area contributed by atoms with Crippen LogP contribution in [-0.4, -0.2) is 36.6 Å². The van der Waals surface area contributed by atoms with E-state index in [2.05, 4.69) is 37.9 Å². The standard InChI is InChI=1S/C17H34N2/c1-5-19(16-8-9-16)13-17(12-18-14(2)3)10-6-7-15(4)11-17/h14-16,18H,5-13H2,1-4H3. The number of nitrogens with one attached hydrogen (secondary N) is 1. The number of hydrogen-bond donors (Lipinski definition) is 1. The Morgan fingerprint density at radius 1 is 1.26 bits per heavy atom. The van der Waals surface area contributed by atoms with Crippen molar-refractivity contribution >= 4 is 0 Å². The fraction of sp³-hybridized carbons (Fsp3) is 1.00. The van der Waals surface area contributed by atoms with E-state index in [4.69, 9.17) is 0 Å². The Morgan fingerprint density at radius 2 is 2.00 bits per heavy atom. The van der Waals surface area contributed by atoms with Gasteiger partial charge in [0.2, 0.25) is 0 Å². The third-order valence-electron chi connectivity index (χ3n) is 5.08. The molecular weight excluding hydrogens is 232 g/mol. The minimum Gasteiger partial charge on any atom is -0.314 e. The average molecular weight is 266 g/mol. The molecule has 0 aromatic heterocycles. The lowest BCUT2D eigenvalue weighted by atomic mass is 9.69. The number of rotatable bonds is 7. The molecule has 0 aliphatic heterocycles. The SMILES string of the molecule is CCN(CC1(CNC(C)C)CCCC(C)C1)C1CC1. The van der Waals surface area contributed by atoms with E-state index in [9.17, 15) is 0 Å². The summed E-state index contributed by atoms with van der Waals surface area (Å²) in [7, 11) is 0. The molecule has 19 heavy (non-hydrogen) atoms. The van der Waals surface area contributed by atoms with Crippen molar-refractivity contribution in [3.05, 3.63) is 0 Å². The summed E-state index contributed by atoms with van der Waals surface area (Å²) in [6.07, 6.45) is 8.62. The van der Waals surface area contributed by atoms with Gasteiger partial charge in [-0.15, -0.1) is 0 Å². The first-order chi connectivity index (χ1) is 9.04. The van der Waals surface area contributed by atoms with Crippen molar-refractivity contribution in [3.8, 4) is 0 Å². The molecule has 2 rings (SSSR count). The monoisotopic (exact) mass is 266 g/mol. The van der Waals surface area contributed by atoms with Gasteiger partial charge in [-0.3, -0.25) is 0 Å². The van der Waals surface area contributed by atoms with Gasteiger partial charge in [0.05, 0.1) is 0 Å². The first-order valence-electron chi connectivity index (χ1n) is 8.52. The molecule has 0 aromatic carbocycles. The maximum atomic E-state index is 3.74. The Kier molecular flexibility index (Phi) is 5.30. The minimum absolute atomic E-state index is 0.542. The molecule has 0 heterocycles. The fourth-order valence-corrected chi connectivity index (χ4v) is 3.92. The summed E-state index contributed by atoms with van der Waals surface area (Å²) in [6.45, 7) is 13.1. The van der Waals surface area contributed by atoms with E-state index in [1.807, 2.05) is 0 Å². The summed E-state index contributed by atoms with van der Waals surface area (Å²) >= 11 is 0. The lowest BCUT2D eigenvalue weighted by molar-refractivity contribution is 0.0767. The molecule has 2 heteroatoms. The summed E-state index contributed by atoms with van der Waals surface area (Å²) in [5, 5.41) is 3.74. The Hall–Kier alpha value is -0.0800. The van der Waals surface area contributed by atoms with Crippen LogP contribution in [0.25, 0.3) is 0 Å². The van der Waals surface area contributed by atoms with Crippen molar-refractivity contribution in [3.63, 3.8) is 0 Å². The van der Waals surface area contributed by atoms with Gasteiger partial charge in [0.25, 0.3) is 0 Å². The van der Waals surface area contributed by atoms with Crippen LogP contribution in [0.2, 0.25) is 0 Å². The highest BCUT2D eigenvalue weighted by Crippen LogP contribution is 2.41. The summed E-state index contributed by atoms with van der Waals surface area (Å²) < 4.78 is 0. The third kappa shape index (κ3) is 4.46. The molecule has 1 N–H and O–H groups in total. The van der Waals surface area contributed by atoms with Crippen molar-refractivity contribution in [1.29, 1.82) is 0 Å². The second kappa shape index (κ2) is 6.58. The fourth-order valence-electron chi connectivity index (χ4n) is 3.92. The first-order valence-corrected chi connectivity index (χ1v) is 8.52. The van der Waals surface area contributed by atoms with Gasteiger partial charge in [-0.25, -0.2) is 0 Å². The number of nitrogens with zero attached hydrogens (tertiary/aromatic N) is 1. The lowest BCUT2D eigenvalue weighted by Gasteiger charge is -2.44. The molecule has 2 saturated carbocycles. The molecule has 112 valence electrons. The largest absolute Gasteiger partial charge is 0.314 e. The van der Waals surface area contributed by atoms with Gasteiger partial charge in [0, 0.05) is 25.2 Å². The van der Waals surface area contributed by atoms with Crippen LogP contribution in [0, 0.1) is 11.3 Å². The zero-order valence-electron chi connectivity index (χ0n) is 13.5. The molecule has 0 amide bonds. The summed E-state index contributed by atoms with van der Waals surface area (Å²) in [4.78, 5) is 2.76. The topological polar surface area (TPSA) is 15.3 Å². The van der Waals surface area contributed by atoms with Crippen molar-refractivity contribution in [1.82, 2.24) is 10.2 Å². The zero-order valence-corrected chi connectivity index (χ0v) is 13.5. The van der Waals surface area contributed by atoms with E-state index in [0.29, 0.717) is 11.5 Å². The molecule has 0 radical (unpaired) electrons. The van der Waals surface area contributed by atoms with E-state index in [1.165, 1.54) is 58.2 Å². The molecule has 0 aromatic rings. The van der Waals surface area contributed by atoms with E-state index in [-0.39, 0.29) is 0 Å². The second-order valence-electron chi connectivity index (χ2n) is 7.53. The van der Waals surface area contributed by atoms with Crippen LogP contribution in [-0.2, 0) is 0 Å². The third-order valence-corrected chi connectivity index (χ3v) is 5.08. The van der Waals surface area contributed by atoms with Crippen molar-refractivity contribution in [2.75, 3.05) is 19.6 Å². The van der Waals surface area contributed by atoms with Gasteiger partial charge in [-0.05, 0) is 43.6 Å². The Labute approximate surface area is 120 Å². The molecule has 2 aliphatic carbocycles. The van der Waals surface area contributed by atoms with Crippen molar-refractivity contribution < 1.29 is 0 Å². The normalized spacial score (nSPS) is 32.2. The van der Waals surface area contributed by atoms with E-state index < -0.39 is 0 Å². The Bertz CT molecular complexity index is 272. The lowest BCUT2D eigenvalue weighted by Crippen LogP contribution is -2.48. The van der Waals surface area contributed by atoms with Crippen LogP contribution in [0.15, 0.2) is 0 Å². The Balaban J connectivity index is 1.99. The van der Waals surface area contributed by atoms with Crippen molar-refractivity contribution in [2.45, 2.75) is 78.3 Å². The van der Waals surface area contributed by atoms with Crippen LogP contribution < -0.4 is 5.32 Å². The molecular formula is C17H34N2. The average Bonchev–Trinajstić information content (AvgIpc) is 3.18. The van der Waals surface area contributed by atoms with Gasteiger partial charge < -0.3 is 10.2 Å². The predicted molar refractivity (Wildman–Crippen MR) is 83.5 cm³/mol. The van der Waals surface area contributed by atoms with Crippen LogP contribution in [0.1, 0.15) is 66.2 Å². The Morgan fingerprint density at radius 3 is 2.53 bits per heavy atom. The van der Waals surface area contributed by atoms with Gasteiger partial charge in [0.15, 0.2) is 0 Å². The highest BCUT2D eigenvalue weighted by Gasteiger charge is 2.39. The van der Waals surface area contributed by atoms with Crippen LogP contribution in [0.5, 0.6) is 0 Å². The molecule has 2 fully saturated rings. The molecule has 0 bridgehead atoms. The van der Waals surface area contributed by atoms with E-state index in [1.54, 1.807) is 0 Å². The molecule has 0 spiro atoms. The number of hydrogen-bond acceptors (Lipinski definition) is 2. The van der Waals surface area contributed by atoms with Gasteiger partial charge in [0.1, 0.15) is 0 Å². The maximum Gasteiger partial charge on any atom is 0.00965 e. The summed E-state index contributed by atoms with van der Waals surface area (Å²) in [5.41, 5.74) is 0.542. The van der Waals surface area contributed by atoms with Crippen LogP contribution in [0.4, 0.5) is 0 Å². The molecule has 2 atom stereocenters. The molecule has 2 unspecified atom stereocenters. The quantitative estimate of drug-likeness (QED) is 0.756. The second-order valence-corrected chi connectivity index (χ2v) is 7.53. The molecule has 0 saturated heterocycles.